The molecule has 1 aliphatic heterocycles. The van der Waals surface area contributed by atoms with Gasteiger partial charge in [0, 0.05) is 32.6 Å². The third-order valence-electron chi connectivity index (χ3n) is 3.93. The average Bonchev–Trinajstić information content (AvgIpc) is 2.54. The van der Waals surface area contributed by atoms with Crippen LogP contribution in [0.15, 0.2) is 30.3 Å². The molecule has 0 spiro atoms. The van der Waals surface area contributed by atoms with Gasteiger partial charge < -0.3 is 5.32 Å². The van der Waals surface area contributed by atoms with Gasteiger partial charge >= 0.3 is 0 Å². The first-order chi connectivity index (χ1) is 11.0. The van der Waals surface area contributed by atoms with Gasteiger partial charge in [0.2, 0.25) is 5.91 Å². The van der Waals surface area contributed by atoms with Crippen molar-refractivity contribution in [2.75, 3.05) is 19.6 Å². The lowest BCUT2D eigenvalue weighted by atomic mass is 10.0. The summed E-state index contributed by atoms with van der Waals surface area (Å²) in [6, 6.07) is 9.60. The van der Waals surface area contributed by atoms with Gasteiger partial charge in [-0.05, 0) is 24.3 Å². The highest BCUT2D eigenvalue weighted by Crippen LogP contribution is 2.17. The maximum Gasteiger partial charge on any atom is 0.279 e. The van der Waals surface area contributed by atoms with Crippen molar-refractivity contribution >= 4 is 16.1 Å². The van der Waals surface area contributed by atoms with Crippen LogP contribution in [-0.2, 0) is 21.5 Å². The molecule has 1 atom stereocenters. The largest absolute Gasteiger partial charge is 0.352 e. The van der Waals surface area contributed by atoms with E-state index in [4.69, 9.17) is 0 Å². The van der Waals surface area contributed by atoms with Crippen molar-refractivity contribution < 1.29 is 13.2 Å². The van der Waals surface area contributed by atoms with Crippen molar-refractivity contribution in [3.63, 3.8) is 0 Å². The van der Waals surface area contributed by atoms with E-state index < -0.39 is 10.2 Å². The van der Waals surface area contributed by atoms with Crippen LogP contribution in [-0.4, -0.2) is 38.3 Å². The maximum absolute atomic E-state index is 12.2. The highest BCUT2D eigenvalue weighted by atomic mass is 32.2. The molecule has 0 aromatic heterocycles. The minimum absolute atomic E-state index is 0.119. The van der Waals surface area contributed by atoms with Gasteiger partial charge in [-0.15, -0.1) is 0 Å². The van der Waals surface area contributed by atoms with Gasteiger partial charge in [-0.3, -0.25) is 4.79 Å². The van der Waals surface area contributed by atoms with Gasteiger partial charge in [0.1, 0.15) is 0 Å². The Hall–Kier alpha value is -1.44. The van der Waals surface area contributed by atoms with E-state index in [1.165, 1.54) is 4.31 Å². The summed E-state index contributed by atoms with van der Waals surface area (Å²) in [5.74, 6) is 0.220. The monoisotopic (exact) mass is 339 g/mol. The van der Waals surface area contributed by atoms with Gasteiger partial charge in [0.05, 0.1) is 0 Å². The van der Waals surface area contributed by atoms with Gasteiger partial charge in [-0.25, -0.2) is 4.72 Å². The van der Waals surface area contributed by atoms with Crippen molar-refractivity contribution in [3.8, 4) is 0 Å². The van der Waals surface area contributed by atoms with Crippen molar-refractivity contribution in [1.82, 2.24) is 14.3 Å². The van der Waals surface area contributed by atoms with E-state index in [1.807, 2.05) is 30.3 Å². The second-order valence-electron chi connectivity index (χ2n) is 6.02. The Morgan fingerprint density at radius 1 is 1.30 bits per heavy atom. The van der Waals surface area contributed by atoms with E-state index in [1.54, 1.807) is 0 Å². The van der Waals surface area contributed by atoms with Crippen LogP contribution in [0, 0.1) is 5.92 Å². The lowest BCUT2D eigenvalue weighted by Gasteiger charge is -2.29. The molecule has 1 heterocycles. The normalized spacial score (nSPS) is 19.4. The van der Waals surface area contributed by atoms with Gasteiger partial charge in [-0.2, -0.15) is 12.7 Å². The fourth-order valence-electron chi connectivity index (χ4n) is 2.63. The van der Waals surface area contributed by atoms with E-state index in [-0.39, 0.29) is 18.9 Å². The lowest BCUT2D eigenvalue weighted by molar-refractivity contribution is -0.121. The Bertz CT molecular complexity index is 604. The number of amides is 1. The molecule has 128 valence electrons. The van der Waals surface area contributed by atoms with Crippen LogP contribution in [0.4, 0.5) is 0 Å². The fourth-order valence-corrected chi connectivity index (χ4v) is 4.00. The van der Waals surface area contributed by atoms with E-state index >= 15 is 0 Å². The standard InChI is InChI=1S/C16H25N3O3S/c1-14-6-5-11-19(13-14)23(21,22)18-10-9-16(20)17-12-15-7-3-2-4-8-15/h2-4,7-8,14,18H,5-6,9-13H2,1H3,(H,17,20)/t14-/m0/s1. The summed E-state index contributed by atoms with van der Waals surface area (Å²) in [6.07, 6.45) is 2.09. The Kier molecular flexibility index (Phi) is 6.56. The molecule has 1 amide bonds. The van der Waals surface area contributed by atoms with Crippen molar-refractivity contribution in [3.05, 3.63) is 35.9 Å². The van der Waals surface area contributed by atoms with Crippen LogP contribution in [0.5, 0.6) is 0 Å². The molecule has 2 rings (SSSR count). The summed E-state index contributed by atoms with van der Waals surface area (Å²) >= 11 is 0. The summed E-state index contributed by atoms with van der Waals surface area (Å²) in [6.45, 7) is 3.73. The van der Waals surface area contributed by atoms with Crippen LogP contribution in [0.3, 0.4) is 0 Å². The molecule has 7 heteroatoms. The van der Waals surface area contributed by atoms with E-state index in [2.05, 4.69) is 17.0 Å². The Morgan fingerprint density at radius 3 is 2.74 bits per heavy atom. The van der Waals surface area contributed by atoms with Crippen LogP contribution >= 0.6 is 0 Å². The van der Waals surface area contributed by atoms with Crippen molar-refractivity contribution in [1.29, 1.82) is 0 Å². The molecule has 1 aliphatic rings. The number of benzene rings is 1. The van der Waals surface area contributed by atoms with E-state index in [0.29, 0.717) is 25.6 Å². The third-order valence-corrected chi connectivity index (χ3v) is 5.51. The van der Waals surface area contributed by atoms with Crippen molar-refractivity contribution in [2.24, 2.45) is 5.92 Å². The molecule has 2 N–H and O–H groups in total. The molecular weight excluding hydrogens is 314 g/mol. The second-order valence-corrected chi connectivity index (χ2v) is 7.77. The molecule has 1 aromatic carbocycles. The Labute approximate surface area is 138 Å². The second kappa shape index (κ2) is 8.42. The van der Waals surface area contributed by atoms with Crippen LogP contribution in [0.1, 0.15) is 31.7 Å². The molecule has 6 nitrogen and oxygen atoms in total. The molecule has 0 radical (unpaired) electrons. The SMILES string of the molecule is C[C@H]1CCCN(S(=O)(=O)NCCC(=O)NCc2ccccc2)C1. The van der Waals surface area contributed by atoms with Crippen LogP contribution in [0.2, 0.25) is 0 Å². The Morgan fingerprint density at radius 2 is 2.04 bits per heavy atom. The fraction of sp³-hybridized carbons (Fsp3) is 0.562. The Balaban J connectivity index is 1.70. The quantitative estimate of drug-likeness (QED) is 0.785. The number of carbonyl (C=O) groups excluding carboxylic acids is 1. The van der Waals surface area contributed by atoms with Crippen molar-refractivity contribution in [2.45, 2.75) is 32.7 Å². The van der Waals surface area contributed by atoms with E-state index in [9.17, 15) is 13.2 Å². The molecular formula is C16H25N3O3S. The number of piperidine rings is 1. The topological polar surface area (TPSA) is 78.5 Å². The zero-order chi connectivity index (χ0) is 16.7. The molecule has 0 aliphatic carbocycles. The molecule has 1 aromatic rings. The first-order valence-electron chi connectivity index (χ1n) is 8.03. The van der Waals surface area contributed by atoms with Gasteiger partial charge in [-0.1, -0.05) is 37.3 Å². The smallest absolute Gasteiger partial charge is 0.279 e. The number of hydrogen-bond donors (Lipinski definition) is 2. The highest BCUT2D eigenvalue weighted by Gasteiger charge is 2.26. The highest BCUT2D eigenvalue weighted by molar-refractivity contribution is 7.87. The van der Waals surface area contributed by atoms with E-state index in [0.717, 1.165) is 18.4 Å². The first-order valence-corrected chi connectivity index (χ1v) is 9.47. The average molecular weight is 339 g/mol. The lowest BCUT2D eigenvalue weighted by Crippen LogP contribution is -2.46. The maximum atomic E-state index is 12.2. The minimum Gasteiger partial charge on any atom is -0.352 e. The predicted molar refractivity (Wildman–Crippen MR) is 89.8 cm³/mol. The third kappa shape index (κ3) is 5.93. The number of hydrogen-bond acceptors (Lipinski definition) is 3. The number of rotatable bonds is 7. The van der Waals surface area contributed by atoms with Crippen LogP contribution in [0.25, 0.3) is 0 Å². The molecule has 23 heavy (non-hydrogen) atoms. The number of nitrogens with zero attached hydrogens (tertiary/aromatic N) is 1. The van der Waals surface area contributed by atoms with Gasteiger partial charge in [0.25, 0.3) is 10.2 Å². The summed E-state index contributed by atoms with van der Waals surface area (Å²) in [5.41, 5.74) is 1.02. The molecule has 1 saturated heterocycles. The van der Waals surface area contributed by atoms with Gasteiger partial charge in [0.15, 0.2) is 0 Å². The predicted octanol–water partition coefficient (Wildman–Crippen LogP) is 1.26. The number of carbonyl (C=O) groups is 1. The zero-order valence-electron chi connectivity index (χ0n) is 13.5. The summed E-state index contributed by atoms with van der Waals surface area (Å²) in [4.78, 5) is 11.8. The molecule has 0 saturated carbocycles. The zero-order valence-corrected chi connectivity index (χ0v) is 14.3. The molecule has 1 fully saturated rings. The summed E-state index contributed by atoms with van der Waals surface area (Å²) in [5, 5.41) is 2.78. The number of nitrogens with one attached hydrogen (secondary N) is 2. The first kappa shape index (κ1) is 17.9. The molecule has 0 bridgehead atoms. The molecule has 0 unspecified atom stereocenters. The summed E-state index contributed by atoms with van der Waals surface area (Å²) in [7, 11) is -3.48. The van der Waals surface area contributed by atoms with Crippen LogP contribution < -0.4 is 10.0 Å². The minimum atomic E-state index is -3.48. The summed E-state index contributed by atoms with van der Waals surface area (Å²) < 4.78 is 28.3.